The molecule has 0 aromatic carbocycles. The van der Waals surface area contributed by atoms with Gasteiger partial charge in [0.05, 0.1) is 12.9 Å². The van der Waals surface area contributed by atoms with Gasteiger partial charge in [0.25, 0.3) is 0 Å². The van der Waals surface area contributed by atoms with Crippen LogP contribution in [0.15, 0.2) is 18.7 Å². The molecule has 0 aliphatic heterocycles. The topological polar surface area (TPSA) is 115 Å². The number of hydrogen-bond acceptors (Lipinski definition) is 4. The first kappa shape index (κ1) is 13.1. The number of aliphatic hydroxyl groups excluding tert-OH is 1. The van der Waals surface area contributed by atoms with Gasteiger partial charge in [-0.05, 0) is 0 Å². The van der Waals surface area contributed by atoms with Crippen LogP contribution in [0, 0.1) is 0 Å². The molecule has 0 radical (unpaired) electrons. The number of hydrogen-bond donors (Lipinski definition) is 4. The number of aliphatic carboxylic acids is 1. The summed E-state index contributed by atoms with van der Waals surface area (Å²) in [7, 11) is 0. The van der Waals surface area contributed by atoms with Crippen molar-refractivity contribution in [1.82, 2.24) is 15.3 Å². The molecule has 0 saturated heterocycles. The van der Waals surface area contributed by atoms with Crippen LogP contribution in [-0.2, 0) is 9.59 Å². The summed E-state index contributed by atoms with van der Waals surface area (Å²) in [6.45, 7) is 0.598. The van der Waals surface area contributed by atoms with E-state index >= 15 is 0 Å². The lowest BCUT2D eigenvalue weighted by atomic mass is 10.3. The van der Waals surface area contributed by atoms with Crippen molar-refractivity contribution in [2.24, 2.45) is 0 Å². The average molecular weight is 215 g/mol. The monoisotopic (exact) mass is 215 g/mol. The molecule has 7 nitrogen and oxygen atoms in total. The van der Waals surface area contributed by atoms with E-state index in [0.717, 1.165) is 0 Å². The average Bonchev–Trinajstić information content (AvgIpc) is 2.71. The Labute approximate surface area is 86.2 Å². The lowest BCUT2D eigenvalue weighted by Crippen LogP contribution is -2.42. The Balaban J connectivity index is 0.000000322. The number of aromatic amines is 1. The van der Waals surface area contributed by atoms with Crippen molar-refractivity contribution >= 4 is 11.9 Å². The summed E-state index contributed by atoms with van der Waals surface area (Å²) in [5.74, 6) is -1.71. The number of H-pyrrole nitrogens is 1. The molecule has 0 aliphatic rings. The van der Waals surface area contributed by atoms with Gasteiger partial charge in [-0.3, -0.25) is 4.79 Å². The van der Waals surface area contributed by atoms with Crippen molar-refractivity contribution in [3.63, 3.8) is 0 Å². The van der Waals surface area contributed by atoms with Crippen molar-refractivity contribution < 1.29 is 19.8 Å². The summed E-state index contributed by atoms with van der Waals surface area (Å²) < 4.78 is 0. The fourth-order valence-corrected chi connectivity index (χ4v) is 0.646. The molecule has 1 aromatic rings. The molecule has 0 aliphatic carbocycles. The number of aliphatic hydroxyl groups is 1. The maximum atomic E-state index is 10.2. The van der Waals surface area contributed by atoms with Crippen molar-refractivity contribution in [3.05, 3.63) is 18.7 Å². The van der Waals surface area contributed by atoms with E-state index in [4.69, 9.17) is 10.2 Å². The minimum atomic E-state index is -1.24. The van der Waals surface area contributed by atoms with E-state index < -0.39 is 24.5 Å². The third kappa shape index (κ3) is 7.20. The normalized spacial score (nSPS) is 10.8. The Morgan fingerprint density at radius 2 is 2.27 bits per heavy atom. The Kier molecular flexibility index (Phi) is 6.56. The molecular formula is C8H13N3O4. The van der Waals surface area contributed by atoms with Crippen molar-refractivity contribution in [1.29, 1.82) is 0 Å². The van der Waals surface area contributed by atoms with E-state index in [1.165, 1.54) is 6.92 Å². The van der Waals surface area contributed by atoms with Crippen LogP contribution in [0.4, 0.5) is 0 Å². The molecule has 0 fully saturated rings. The van der Waals surface area contributed by atoms with Gasteiger partial charge in [-0.15, -0.1) is 0 Å². The number of carboxylic acids is 1. The predicted octanol–water partition coefficient (Wildman–Crippen LogP) is -1.02. The number of aromatic nitrogens is 2. The molecule has 0 unspecified atom stereocenters. The fraction of sp³-hybridized carbons (Fsp3) is 0.375. The van der Waals surface area contributed by atoms with Gasteiger partial charge in [0, 0.05) is 19.3 Å². The van der Waals surface area contributed by atoms with Crippen LogP contribution >= 0.6 is 0 Å². The minimum absolute atomic E-state index is 0.471. The Bertz CT molecular complexity index is 269. The van der Waals surface area contributed by atoms with Gasteiger partial charge >= 0.3 is 5.97 Å². The second-order valence-corrected chi connectivity index (χ2v) is 2.53. The Morgan fingerprint density at radius 1 is 1.60 bits per heavy atom. The maximum Gasteiger partial charge on any atom is 0.328 e. The zero-order chi connectivity index (χ0) is 11.7. The van der Waals surface area contributed by atoms with Crippen LogP contribution in [0.5, 0.6) is 0 Å². The highest BCUT2D eigenvalue weighted by molar-refractivity contribution is 5.82. The summed E-state index contributed by atoms with van der Waals surface area (Å²) in [5, 5.41) is 18.6. The second kappa shape index (κ2) is 7.51. The van der Waals surface area contributed by atoms with E-state index in [0.29, 0.717) is 0 Å². The van der Waals surface area contributed by atoms with E-state index in [2.05, 4.69) is 9.97 Å². The lowest BCUT2D eigenvalue weighted by molar-refractivity contribution is -0.142. The van der Waals surface area contributed by atoms with Crippen molar-refractivity contribution in [2.45, 2.75) is 13.0 Å². The lowest BCUT2D eigenvalue weighted by Gasteiger charge is -2.08. The van der Waals surface area contributed by atoms with E-state index in [9.17, 15) is 9.59 Å². The number of nitrogens with zero attached hydrogens (tertiary/aromatic N) is 1. The molecule has 0 saturated carbocycles. The highest BCUT2D eigenvalue weighted by Crippen LogP contribution is 1.80. The van der Waals surface area contributed by atoms with Crippen LogP contribution in [0.3, 0.4) is 0 Å². The molecule has 0 bridgehead atoms. The number of carboxylic acid groups (broad SMARTS) is 1. The van der Waals surface area contributed by atoms with Gasteiger partial charge in [-0.25, -0.2) is 9.78 Å². The summed E-state index contributed by atoms with van der Waals surface area (Å²) in [4.78, 5) is 26.7. The molecule has 84 valence electrons. The summed E-state index contributed by atoms with van der Waals surface area (Å²) >= 11 is 0. The summed E-state index contributed by atoms with van der Waals surface area (Å²) in [6.07, 6.45) is 5.08. The SMILES string of the molecule is CC(=O)N[C@@H](CO)C(=O)O.c1c[nH]cn1. The third-order valence-corrected chi connectivity index (χ3v) is 1.26. The first-order valence-electron chi connectivity index (χ1n) is 4.11. The molecule has 1 rings (SSSR count). The smallest absolute Gasteiger partial charge is 0.328 e. The standard InChI is InChI=1S/C5H9NO4.C3H4N2/c1-3(8)6-4(2-7)5(9)10;1-2-5-3-4-1/h4,7H,2H2,1H3,(H,6,8)(H,9,10);1-3H,(H,4,5)/t4-;/m0./s1. The number of carbonyl (C=O) groups excluding carboxylic acids is 1. The fourth-order valence-electron chi connectivity index (χ4n) is 0.646. The highest BCUT2D eigenvalue weighted by atomic mass is 16.4. The van der Waals surface area contributed by atoms with E-state index in [1.807, 2.05) is 5.32 Å². The van der Waals surface area contributed by atoms with Gasteiger partial charge < -0.3 is 20.5 Å². The first-order chi connectivity index (χ1) is 7.07. The Morgan fingerprint density at radius 3 is 2.40 bits per heavy atom. The molecule has 0 spiro atoms. The van der Waals surface area contributed by atoms with Gasteiger partial charge in [0.1, 0.15) is 6.04 Å². The van der Waals surface area contributed by atoms with E-state index in [-0.39, 0.29) is 0 Å². The molecular weight excluding hydrogens is 202 g/mol. The number of rotatable bonds is 3. The quantitative estimate of drug-likeness (QED) is 0.515. The molecule has 1 aromatic heterocycles. The van der Waals surface area contributed by atoms with Gasteiger partial charge in [-0.1, -0.05) is 0 Å². The van der Waals surface area contributed by atoms with Gasteiger partial charge in [0.2, 0.25) is 5.91 Å². The molecule has 4 N–H and O–H groups in total. The Hall–Kier alpha value is -1.89. The first-order valence-corrected chi connectivity index (χ1v) is 4.11. The van der Waals surface area contributed by atoms with Crippen LogP contribution in [0.2, 0.25) is 0 Å². The van der Waals surface area contributed by atoms with Crippen LogP contribution in [0.25, 0.3) is 0 Å². The van der Waals surface area contributed by atoms with Crippen molar-refractivity contribution in [2.75, 3.05) is 6.61 Å². The predicted molar refractivity (Wildman–Crippen MR) is 50.9 cm³/mol. The zero-order valence-corrected chi connectivity index (χ0v) is 8.17. The maximum absolute atomic E-state index is 10.2. The highest BCUT2D eigenvalue weighted by Gasteiger charge is 2.15. The zero-order valence-electron chi connectivity index (χ0n) is 8.17. The van der Waals surface area contributed by atoms with Gasteiger partial charge in [-0.2, -0.15) is 0 Å². The van der Waals surface area contributed by atoms with Crippen LogP contribution in [0.1, 0.15) is 6.92 Å². The van der Waals surface area contributed by atoms with Crippen molar-refractivity contribution in [3.8, 4) is 0 Å². The number of amides is 1. The molecule has 1 amide bonds. The molecule has 1 atom stereocenters. The number of imidazole rings is 1. The van der Waals surface area contributed by atoms with Crippen LogP contribution < -0.4 is 5.32 Å². The molecule has 1 heterocycles. The summed E-state index contributed by atoms with van der Waals surface area (Å²) in [6, 6.07) is -1.18. The largest absolute Gasteiger partial charge is 0.480 e. The molecule has 15 heavy (non-hydrogen) atoms. The summed E-state index contributed by atoms with van der Waals surface area (Å²) in [5.41, 5.74) is 0. The second-order valence-electron chi connectivity index (χ2n) is 2.53. The third-order valence-electron chi connectivity index (χ3n) is 1.26. The number of nitrogens with one attached hydrogen (secondary N) is 2. The molecule has 7 heteroatoms. The van der Waals surface area contributed by atoms with Gasteiger partial charge in [0.15, 0.2) is 0 Å². The number of carbonyl (C=O) groups is 2. The van der Waals surface area contributed by atoms with Crippen LogP contribution in [-0.4, -0.2) is 44.7 Å². The van der Waals surface area contributed by atoms with E-state index in [1.54, 1.807) is 18.7 Å². The minimum Gasteiger partial charge on any atom is -0.480 e.